The average Bonchev–Trinajstić information content (AvgIpc) is 2.94. The Labute approximate surface area is 228 Å². The van der Waals surface area contributed by atoms with Gasteiger partial charge in [-0.2, -0.15) is 5.26 Å². The number of nitrogens with two attached hydrogens (primary N) is 1. The highest BCUT2D eigenvalue weighted by Gasteiger charge is 2.32. The van der Waals surface area contributed by atoms with Crippen LogP contribution in [0.25, 0.3) is 0 Å². The number of allylic oxidation sites excluding steroid dienone is 1. The van der Waals surface area contributed by atoms with Crippen LogP contribution in [-0.2, 0) is 11.2 Å². The second-order valence-electron chi connectivity index (χ2n) is 9.50. The van der Waals surface area contributed by atoms with Crippen molar-refractivity contribution in [2.75, 3.05) is 20.3 Å². The second kappa shape index (κ2) is 12.3. The number of nitriles is 1. The molecule has 0 aliphatic carbocycles. The molecule has 0 amide bonds. The number of carbonyl (C=O) groups excluding carboxylic acids is 1. The molecular weight excluding hydrogens is 496 g/mol. The third-order valence-electron chi connectivity index (χ3n) is 6.20. The van der Waals surface area contributed by atoms with Crippen molar-refractivity contribution in [1.82, 2.24) is 0 Å². The lowest BCUT2D eigenvalue weighted by atomic mass is 9.83. The molecule has 0 saturated carbocycles. The number of carbonyl (C=O) groups is 1. The number of aryl methyl sites for hydroxylation is 1. The minimum Gasteiger partial charge on any atom is -0.493 e. The molecule has 4 rings (SSSR count). The van der Waals surface area contributed by atoms with Crippen LogP contribution < -0.4 is 29.4 Å². The Bertz CT molecular complexity index is 1410. The molecule has 0 aromatic heterocycles. The molecule has 1 unspecified atom stereocenters. The van der Waals surface area contributed by atoms with Crippen molar-refractivity contribution in [2.24, 2.45) is 11.7 Å². The lowest BCUT2D eigenvalue weighted by Crippen LogP contribution is -2.22. The molecule has 0 spiro atoms. The Morgan fingerprint density at radius 1 is 1.03 bits per heavy atom. The molecule has 202 valence electrons. The highest BCUT2D eigenvalue weighted by molar-refractivity contribution is 5.74. The summed E-state index contributed by atoms with van der Waals surface area (Å²) in [5, 5.41) is 9.89. The minimum absolute atomic E-state index is 0.0172. The highest BCUT2D eigenvalue weighted by Crippen LogP contribution is 2.45. The molecule has 0 saturated heterocycles. The minimum atomic E-state index is -0.565. The monoisotopic (exact) mass is 528 g/mol. The number of methoxy groups -OCH3 is 1. The number of rotatable bonds is 10. The van der Waals surface area contributed by atoms with Crippen LogP contribution in [0.3, 0.4) is 0 Å². The zero-order valence-corrected chi connectivity index (χ0v) is 22.5. The van der Waals surface area contributed by atoms with Crippen LogP contribution >= 0.6 is 0 Å². The van der Waals surface area contributed by atoms with E-state index in [0.717, 1.165) is 12.0 Å². The molecule has 0 fully saturated rings. The van der Waals surface area contributed by atoms with Crippen molar-refractivity contribution in [1.29, 1.82) is 5.26 Å². The van der Waals surface area contributed by atoms with Crippen LogP contribution in [0.2, 0.25) is 0 Å². The number of benzene rings is 3. The first-order chi connectivity index (χ1) is 18.8. The largest absolute Gasteiger partial charge is 0.493 e. The van der Waals surface area contributed by atoms with Crippen LogP contribution in [0, 0.1) is 17.2 Å². The van der Waals surface area contributed by atoms with Gasteiger partial charge in [0.05, 0.1) is 19.6 Å². The third-order valence-corrected chi connectivity index (χ3v) is 6.20. The van der Waals surface area contributed by atoms with Gasteiger partial charge in [0.2, 0.25) is 5.88 Å². The van der Waals surface area contributed by atoms with Crippen LogP contribution in [0.4, 0.5) is 0 Å². The van der Waals surface area contributed by atoms with E-state index in [0.29, 0.717) is 41.1 Å². The average molecular weight is 529 g/mol. The molecule has 1 atom stereocenters. The number of esters is 1. The summed E-state index contributed by atoms with van der Waals surface area (Å²) in [5.74, 6) is 1.66. The van der Waals surface area contributed by atoms with Gasteiger partial charge in [-0.05, 0) is 53.8 Å². The van der Waals surface area contributed by atoms with Crippen molar-refractivity contribution in [2.45, 2.75) is 33.1 Å². The zero-order valence-electron chi connectivity index (χ0n) is 22.5. The van der Waals surface area contributed by atoms with Gasteiger partial charge in [0.1, 0.15) is 28.9 Å². The van der Waals surface area contributed by atoms with Gasteiger partial charge in [0.15, 0.2) is 18.1 Å². The molecule has 1 aliphatic rings. The number of fused-ring (bicyclic) bond motifs is 1. The topological polar surface area (TPSA) is 113 Å². The molecule has 3 aromatic rings. The predicted octanol–water partition coefficient (Wildman–Crippen LogP) is 5.49. The Hall–Kier alpha value is -4.64. The van der Waals surface area contributed by atoms with Crippen LogP contribution in [-0.4, -0.2) is 26.3 Å². The van der Waals surface area contributed by atoms with E-state index in [2.05, 4.69) is 26.8 Å². The van der Waals surface area contributed by atoms with Gasteiger partial charge in [-0.25, -0.2) is 4.79 Å². The summed E-state index contributed by atoms with van der Waals surface area (Å²) in [5.41, 5.74) is 9.08. The van der Waals surface area contributed by atoms with E-state index in [1.807, 2.05) is 42.5 Å². The van der Waals surface area contributed by atoms with Crippen LogP contribution in [0.1, 0.15) is 43.4 Å². The van der Waals surface area contributed by atoms with E-state index in [1.165, 1.54) is 5.56 Å². The van der Waals surface area contributed by atoms with Crippen molar-refractivity contribution in [3.8, 4) is 34.8 Å². The zero-order chi connectivity index (χ0) is 27.9. The summed E-state index contributed by atoms with van der Waals surface area (Å²) in [7, 11) is 1.57. The molecule has 0 radical (unpaired) electrons. The second-order valence-corrected chi connectivity index (χ2v) is 9.50. The lowest BCUT2D eigenvalue weighted by Gasteiger charge is -2.27. The Morgan fingerprint density at radius 3 is 2.44 bits per heavy atom. The van der Waals surface area contributed by atoms with Gasteiger partial charge in [0, 0.05) is 11.6 Å². The summed E-state index contributed by atoms with van der Waals surface area (Å²) < 4.78 is 28.2. The molecule has 8 heteroatoms. The fraction of sp³-hybridized carbons (Fsp3) is 0.290. The van der Waals surface area contributed by atoms with Gasteiger partial charge in [-0.15, -0.1) is 0 Å². The molecule has 1 heterocycles. The predicted molar refractivity (Wildman–Crippen MR) is 146 cm³/mol. The highest BCUT2D eigenvalue weighted by atomic mass is 16.6. The molecule has 0 bridgehead atoms. The van der Waals surface area contributed by atoms with E-state index < -0.39 is 11.9 Å². The molecule has 3 aromatic carbocycles. The molecular formula is C31H32N2O6. The number of nitrogens with zero attached hydrogens (tertiary/aromatic N) is 1. The summed E-state index contributed by atoms with van der Waals surface area (Å²) in [6.07, 6.45) is 0.921. The quantitative estimate of drug-likeness (QED) is 0.271. The lowest BCUT2D eigenvalue weighted by molar-refractivity contribution is -0.136. The van der Waals surface area contributed by atoms with Gasteiger partial charge in [0.25, 0.3) is 0 Å². The first-order valence-corrected chi connectivity index (χ1v) is 12.8. The summed E-state index contributed by atoms with van der Waals surface area (Å²) in [6.45, 7) is 6.49. The van der Waals surface area contributed by atoms with Gasteiger partial charge in [-0.1, -0.05) is 45.0 Å². The Balaban J connectivity index is 1.54. The smallest absolute Gasteiger partial charge is 0.349 e. The van der Waals surface area contributed by atoms with Crippen LogP contribution in [0.5, 0.6) is 28.7 Å². The number of hydrogen-bond donors (Lipinski definition) is 1. The number of hydrogen-bond acceptors (Lipinski definition) is 8. The van der Waals surface area contributed by atoms with E-state index in [9.17, 15) is 10.1 Å². The van der Waals surface area contributed by atoms with Gasteiger partial charge >= 0.3 is 5.97 Å². The molecule has 8 nitrogen and oxygen atoms in total. The van der Waals surface area contributed by atoms with Crippen LogP contribution in [0.15, 0.2) is 72.1 Å². The summed E-state index contributed by atoms with van der Waals surface area (Å²) in [4.78, 5) is 12.4. The van der Waals surface area contributed by atoms with E-state index >= 15 is 0 Å². The van der Waals surface area contributed by atoms with Crippen molar-refractivity contribution in [3.63, 3.8) is 0 Å². The maximum Gasteiger partial charge on any atom is 0.349 e. The van der Waals surface area contributed by atoms with Crippen molar-refractivity contribution in [3.05, 3.63) is 88.8 Å². The maximum atomic E-state index is 12.4. The van der Waals surface area contributed by atoms with Crippen molar-refractivity contribution < 1.29 is 28.5 Å². The molecule has 39 heavy (non-hydrogen) atoms. The third kappa shape index (κ3) is 6.44. The fourth-order valence-electron chi connectivity index (χ4n) is 4.21. The summed E-state index contributed by atoms with van der Waals surface area (Å²) in [6, 6.07) is 20.2. The first kappa shape index (κ1) is 27.4. The summed E-state index contributed by atoms with van der Waals surface area (Å²) >= 11 is 0. The Morgan fingerprint density at radius 2 is 1.77 bits per heavy atom. The van der Waals surface area contributed by atoms with Gasteiger partial charge in [-0.3, -0.25) is 0 Å². The Kier molecular flexibility index (Phi) is 8.62. The van der Waals surface area contributed by atoms with E-state index in [1.54, 1.807) is 25.3 Å². The first-order valence-electron chi connectivity index (χ1n) is 12.8. The maximum absolute atomic E-state index is 12.4. The standard InChI is InChI=1S/C31H32N2O6/c1-5-20-6-9-22(10-7-20)36-18-29(34)38-23-11-12-24-27(15-23)39-31(33)25(16-32)30(24)21-8-13-26(28(14-21)35-4)37-17-19(2)3/h6-15,19,30H,5,17-18,33H2,1-4H3. The van der Waals surface area contributed by atoms with E-state index in [-0.39, 0.29) is 23.8 Å². The molecule has 2 N–H and O–H groups in total. The fourth-order valence-corrected chi connectivity index (χ4v) is 4.21. The molecule has 1 aliphatic heterocycles. The van der Waals surface area contributed by atoms with E-state index in [4.69, 9.17) is 29.4 Å². The normalized spacial score (nSPS) is 14.2. The SMILES string of the molecule is CCc1ccc(OCC(=O)Oc2ccc3c(c2)OC(N)=C(C#N)C3c2ccc(OCC(C)C)c(OC)c2)cc1. The number of ether oxygens (including phenoxy) is 5. The van der Waals surface area contributed by atoms with Crippen molar-refractivity contribution >= 4 is 5.97 Å². The van der Waals surface area contributed by atoms with Gasteiger partial charge < -0.3 is 29.4 Å².